The van der Waals surface area contributed by atoms with Crippen molar-refractivity contribution in [3.63, 3.8) is 0 Å². The molecular formula is C28H24ClN3O5. The average Bonchev–Trinajstić information content (AvgIpc) is 2.88. The van der Waals surface area contributed by atoms with Gasteiger partial charge >= 0.3 is 5.97 Å². The van der Waals surface area contributed by atoms with Crippen LogP contribution in [0.25, 0.3) is 6.08 Å². The number of benzene rings is 3. The van der Waals surface area contributed by atoms with Gasteiger partial charge in [-0.25, -0.2) is 4.79 Å². The molecule has 0 spiro atoms. The number of carbonyl (C=O) groups is 3. The van der Waals surface area contributed by atoms with Crippen molar-refractivity contribution in [3.05, 3.63) is 93.5 Å². The molecule has 3 aromatic carbocycles. The zero-order valence-corrected chi connectivity index (χ0v) is 21.2. The molecule has 0 aromatic heterocycles. The Morgan fingerprint density at radius 1 is 0.946 bits per heavy atom. The number of esters is 1. The maximum Gasteiger partial charge on any atom is 0.337 e. The first-order valence-electron chi connectivity index (χ1n) is 11.1. The van der Waals surface area contributed by atoms with Crippen molar-refractivity contribution >= 4 is 46.8 Å². The minimum atomic E-state index is -0.632. The molecule has 2 N–H and O–H groups in total. The molecule has 0 unspecified atom stereocenters. The van der Waals surface area contributed by atoms with E-state index in [2.05, 4.69) is 15.4 Å². The van der Waals surface area contributed by atoms with Crippen LogP contribution in [0.2, 0.25) is 5.02 Å². The lowest BCUT2D eigenvalue weighted by Crippen LogP contribution is -2.20. The molecule has 0 atom stereocenters. The van der Waals surface area contributed by atoms with Crippen LogP contribution in [-0.2, 0) is 14.3 Å². The molecule has 0 saturated heterocycles. The summed E-state index contributed by atoms with van der Waals surface area (Å²) in [4.78, 5) is 36.3. The van der Waals surface area contributed by atoms with Crippen LogP contribution in [0.5, 0.6) is 5.75 Å². The average molecular weight is 518 g/mol. The van der Waals surface area contributed by atoms with Gasteiger partial charge in [-0.05, 0) is 85.1 Å². The minimum absolute atomic E-state index is 0.158. The van der Waals surface area contributed by atoms with Crippen LogP contribution < -0.4 is 15.4 Å². The molecule has 0 radical (unpaired) electrons. The number of nitriles is 1. The summed E-state index contributed by atoms with van der Waals surface area (Å²) in [5, 5.41) is 15.0. The van der Waals surface area contributed by atoms with E-state index in [1.54, 1.807) is 12.1 Å². The van der Waals surface area contributed by atoms with E-state index >= 15 is 0 Å². The van der Waals surface area contributed by atoms with Gasteiger partial charge in [0.2, 0.25) is 0 Å². The SMILES string of the molecule is COC(=O)c1ccc(NC(=O)/C(C#N)=C\c2ccc(OCC(=O)Nc3ccc(C)c(C)c3)c(Cl)c2)cc1. The quantitative estimate of drug-likeness (QED) is 0.237. The fraction of sp³-hybridized carbons (Fsp3) is 0.143. The number of nitrogens with zero attached hydrogens (tertiary/aromatic N) is 1. The Morgan fingerprint density at radius 2 is 1.65 bits per heavy atom. The summed E-state index contributed by atoms with van der Waals surface area (Å²) < 4.78 is 10.2. The lowest BCUT2D eigenvalue weighted by Gasteiger charge is -2.10. The van der Waals surface area contributed by atoms with Gasteiger partial charge < -0.3 is 20.1 Å². The van der Waals surface area contributed by atoms with Crippen molar-refractivity contribution in [1.82, 2.24) is 0 Å². The summed E-state index contributed by atoms with van der Waals surface area (Å²) >= 11 is 6.29. The zero-order chi connectivity index (χ0) is 26.9. The normalized spacial score (nSPS) is 10.7. The Balaban J connectivity index is 1.62. The van der Waals surface area contributed by atoms with Crippen molar-refractivity contribution in [2.45, 2.75) is 13.8 Å². The molecule has 0 aliphatic carbocycles. The fourth-order valence-electron chi connectivity index (χ4n) is 3.20. The van der Waals surface area contributed by atoms with Gasteiger partial charge in [0.05, 0.1) is 17.7 Å². The largest absolute Gasteiger partial charge is 0.482 e. The predicted octanol–water partition coefficient (Wildman–Crippen LogP) is 5.31. The minimum Gasteiger partial charge on any atom is -0.482 e. The van der Waals surface area contributed by atoms with Gasteiger partial charge in [-0.15, -0.1) is 0 Å². The monoisotopic (exact) mass is 517 g/mol. The lowest BCUT2D eigenvalue weighted by atomic mass is 10.1. The number of nitrogens with one attached hydrogen (secondary N) is 2. The van der Waals surface area contributed by atoms with Crippen LogP contribution in [0.3, 0.4) is 0 Å². The van der Waals surface area contributed by atoms with Gasteiger partial charge in [-0.2, -0.15) is 5.26 Å². The smallest absolute Gasteiger partial charge is 0.337 e. The number of aryl methyl sites for hydroxylation is 2. The Bertz CT molecular complexity index is 1410. The summed E-state index contributed by atoms with van der Waals surface area (Å²) in [5.41, 5.74) is 3.92. The molecule has 37 heavy (non-hydrogen) atoms. The lowest BCUT2D eigenvalue weighted by molar-refractivity contribution is -0.118. The van der Waals surface area contributed by atoms with Crippen LogP contribution in [0.15, 0.2) is 66.2 Å². The number of hydrogen-bond acceptors (Lipinski definition) is 6. The van der Waals surface area contributed by atoms with Gasteiger partial charge in [0.15, 0.2) is 6.61 Å². The third-order valence-corrected chi connectivity index (χ3v) is 5.64. The maximum atomic E-state index is 12.5. The number of methoxy groups -OCH3 is 1. The maximum absolute atomic E-state index is 12.5. The standard InChI is InChI=1S/C28H24ClN3O5/c1-17-4-8-23(12-18(17)2)31-26(33)16-37-25-11-5-19(14-24(25)29)13-21(15-30)27(34)32-22-9-6-20(7-10-22)28(35)36-3/h4-14H,16H2,1-3H3,(H,31,33)(H,32,34)/b21-13-. The highest BCUT2D eigenvalue weighted by atomic mass is 35.5. The number of hydrogen-bond donors (Lipinski definition) is 2. The van der Waals surface area contributed by atoms with E-state index in [9.17, 15) is 19.6 Å². The van der Waals surface area contributed by atoms with Gasteiger partial charge in [0, 0.05) is 11.4 Å². The van der Waals surface area contributed by atoms with Gasteiger partial charge in [-0.3, -0.25) is 9.59 Å². The first-order chi connectivity index (χ1) is 17.7. The molecule has 3 rings (SSSR count). The second-order valence-corrected chi connectivity index (χ2v) is 8.43. The second-order valence-electron chi connectivity index (χ2n) is 8.02. The summed E-state index contributed by atoms with van der Waals surface area (Å²) in [6, 6.07) is 18.2. The molecule has 0 heterocycles. The van der Waals surface area contributed by atoms with Crippen molar-refractivity contribution in [3.8, 4) is 11.8 Å². The number of carbonyl (C=O) groups excluding carboxylic acids is 3. The van der Waals surface area contributed by atoms with Crippen molar-refractivity contribution in [1.29, 1.82) is 5.26 Å². The van der Waals surface area contributed by atoms with E-state index < -0.39 is 11.9 Å². The Labute approximate surface area is 219 Å². The molecule has 0 aliphatic rings. The molecule has 0 fully saturated rings. The molecule has 0 bridgehead atoms. The van der Waals surface area contributed by atoms with Crippen LogP contribution in [0, 0.1) is 25.2 Å². The Kier molecular flexibility index (Phi) is 9.03. The predicted molar refractivity (Wildman–Crippen MR) is 141 cm³/mol. The van der Waals surface area contributed by atoms with Crippen LogP contribution in [-0.4, -0.2) is 31.5 Å². The molecule has 0 saturated carbocycles. The molecular weight excluding hydrogens is 494 g/mol. The molecule has 2 amide bonds. The summed E-state index contributed by atoms with van der Waals surface area (Å²) in [6.07, 6.45) is 1.38. The highest BCUT2D eigenvalue weighted by Crippen LogP contribution is 2.27. The second kappa shape index (κ2) is 12.4. The number of anilines is 2. The van der Waals surface area contributed by atoms with Crippen molar-refractivity contribution in [2.24, 2.45) is 0 Å². The Morgan fingerprint density at radius 3 is 2.27 bits per heavy atom. The van der Waals surface area contributed by atoms with E-state index in [-0.39, 0.29) is 28.9 Å². The molecule has 9 heteroatoms. The summed E-state index contributed by atoms with van der Waals surface area (Å²) in [5.74, 6) is -1.19. The van der Waals surface area contributed by atoms with Gasteiger partial charge in [-0.1, -0.05) is 23.7 Å². The van der Waals surface area contributed by atoms with Gasteiger partial charge in [0.1, 0.15) is 17.4 Å². The molecule has 8 nitrogen and oxygen atoms in total. The number of ether oxygens (including phenoxy) is 2. The first-order valence-corrected chi connectivity index (χ1v) is 11.5. The summed E-state index contributed by atoms with van der Waals surface area (Å²) in [6.45, 7) is 3.70. The van der Waals surface area contributed by atoms with E-state index in [4.69, 9.17) is 16.3 Å². The Hall–Kier alpha value is -4.61. The van der Waals surface area contributed by atoms with E-state index in [1.807, 2.05) is 38.1 Å². The first kappa shape index (κ1) is 27.0. The fourth-order valence-corrected chi connectivity index (χ4v) is 3.45. The van der Waals surface area contributed by atoms with E-state index in [0.29, 0.717) is 22.5 Å². The number of amides is 2. The van der Waals surface area contributed by atoms with Crippen molar-refractivity contribution < 1.29 is 23.9 Å². The molecule has 0 aliphatic heterocycles. The molecule has 3 aromatic rings. The zero-order valence-electron chi connectivity index (χ0n) is 20.4. The van der Waals surface area contributed by atoms with Crippen LogP contribution in [0.4, 0.5) is 11.4 Å². The number of halogens is 1. The topological polar surface area (TPSA) is 118 Å². The molecule has 188 valence electrons. The number of rotatable bonds is 8. The third kappa shape index (κ3) is 7.43. The van der Waals surface area contributed by atoms with Crippen LogP contribution in [0.1, 0.15) is 27.0 Å². The van der Waals surface area contributed by atoms with Crippen LogP contribution >= 0.6 is 11.6 Å². The summed E-state index contributed by atoms with van der Waals surface area (Å²) in [7, 11) is 1.27. The van der Waals surface area contributed by atoms with Gasteiger partial charge in [0.25, 0.3) is 11.8 Å². The van der Waals surface area contributed by atoms with E-state index in [1.165, 1.54) is 43.5 Å². The van der Waals surface area contributed by atoms with Crippen molar-refractivity contribution in [2.75, 3.05) is 24.4 Å². The van der Waals surface area contributed by atoms with E-state index in [0.717, 1.165) is 11.1 Å². The highest BCUT2D eigenvalue weighted by Gasteiger charge is 2.12. The third-order valence-electron chi connectivity index (χ3n) is 5.35. The highest BCUT2D eigenvalue weighted by molar-refractivity contribution is 6.32.